The average Bonchev–Trinajstić information content (AvgIpc) is 2.43. The lowest BCUT2D eigenvalue weighted by atomic mass is 9.93. The van der Waals surface area contributed by atoms with E-state index in [4.69, 9.17) is 0 Å². The molecule has 0 aromatic carbocycles. The molecule has 0 spiro atoms. The first-order valence-corrected chi connectivity index (χ1v) is 5.40. The van der Waals surface area contributed by atoms with E-state index in [1.165, 1.54) is 24.2 Å². The highest BCUT2D eigenvalue weighted by atomic mass is 15.1. The Kier molecular flexibility index (Phi) is 2.59. The molecular formula is C11H19N3. The normalized spacial score (nSPS) is 18.8. The van der Waals surface area contributed by atoms with Gasteiger partial charge in [-0.05, 0) is 39.8 Å². The van der Waals surface area contributed by atoms with Crippen LogP contribution in [0.25, 0.3) is 0 Å². The Labute approximate surface area is 85.5 Å². The van der Waals surface area contributed by atoms with Crippen LogP contribution in [0, 0.1) is 13.8 Å². The van der Waals surface area contributed by atoms with Crippen LogP contribution in [0.1, 0.15) is 36.0 Å². The Bertz CT molecular complexity index is 322. The second-order valence-corrected chi connectivity index (χ2v) is 4.21. The van der Waals surface area contributed by atoms with Crippen LogP contribution in [0.15, 0.2) is 0 Å². The van der Waals surface area contributed by atoms with Crippen molar-refractivity contribution in [3.63, 3.8) is 0 Å². The van der Waals surface area contributed by atoms with Crippen LogP contribution < -0.4 is 5.32 Å². The predicted molar refractivity (Wildman–Crippen MR) is 57.5 cm³/mol. The first-order chi connectivity index (χ1) is 6.70. The van der Waals surface area contributed by atoms with Crippen LogP contribution in [-0.2, 0) is 7.05 Å². The lowest BCUT2D eigenvalue weighted by molar-refractivity contribution is 0.443. The molecule has 0 atom stereocenters. The largest absolute Gasteiger partial charge is 0.335 e. The van der Waals surface area contributed by atoms with E-state index in [0.29, 0.717) is 5.92 Å². The number of aromatic nitrogens is 2. The summed E-state index contributed by atoms with van der Waals surface area (Å²) in [7, 11) is 2.13. The van der Waals surface area contributed by atoms with Gasteiger partial charge < -0.3 is 9.88 Å². The number of hydrogen-bond acceptors (Lipinski definition) is 2. The highest BCUT2D eigenvalue weighted by molar-refractivity contribution is 5.20. The molecule has 2 rings (SSSR count). The van der Waals surface area contributed by atoms with Crippen molar-refractivity contribution in [2.45, 2.75) is 32.6 Å². The van der Waals surface area contributed by atoms with E-state index in [1.54, 1.807) is 0 Å². The molecule has 0 saturated carbocycles. The molecule has 78 valence electrons. The highest BCUT2D eigenvalue weighted by Gasteiger charge is 2.21. The van der Waals surface area contributed by atoms with Gasteiger partial charge in [0.1, 0.15) is 5.82 Å². The van der Waals surface area contributed by atoms with Crippen LogP contribution in [0.5, 0.6) is 0 Å². The van der Waals surface area contributed by atoms with Gasteiger partial charge in [0, 0.05) is 18.7 Å². The molecule has 0 bridgehead atoms. The summed E-state index contributed by atoms with van der Waals surface area (Å²) in [6.07, 6.45) is 2.50. The van der Waals surface area contributed by atoms with Crippen molar-refractivity contribution in [3.8, 4) is 0 Å². The summed E-state index contributed by atoms with van der Waals surface area (Å²) in [6.45, 7) is 6.50. The molecule has 0 aliphatic carbocycles. The topological polar surface area (TPSA) is 29.9 Å². The van der Waals surface area contributed by atoms with E-state index in [0.717, 1.165) is 18.9 Å². The van der Waals surface area contributed by atoms with E-state index < -0.39 is 0 Å². The number of nitrogens with one attached hydrogen (secondary N) is 1. The zero-order valence-corrected chi connectivity index (χ0v) is 9.30. The monoisotopic (exact) mass is 193 g/mol. The van der Waals surface area contributed by atoms with Crippen molar-refractivity contribution < 1.29 is 0 Å². The number of nitrogens with zero attached hydrogens (tertiary/aromatic N) is 2. The quantitative estimate of drug-likeness (QED) is 0.732. The van der Waals surface area contributed by atoms with Crippen molar-refractivity contribution in [2.24, 2.45) is 7.05 Å². The molecule has 1 aromatic rings. The smallest absolute Gasteiger partial charge is 0.105 e. The molecule has 3 heteroatoms. The lowest BCUT2D eigenvalue weighted by Gasteiger charge is -2.23. The van der Waals surface area contributed by atoms with Gasteiger partial charge in [-0.2, -0.15) is 0 Å². The van der Waals surface area contributed by atoms with Crippen LogP contribution in [0.4, 0.5) is 0 Å². The molecule has 0 radical (unpaired) electrons. The predicted octanol–water partition coefficient (Wildman–Crippen LogP) is 1.50. The highest BCUT2D eigenvalue weighted by Crippen LogP contribution is 2.27. The summed E-state index contributed by atoms with van der Waals surface area (Å²) in [5.41, 5.74) is 2.67. The maximum atomic E-state index is 4.53. The van der Waals surface area contributed by atoms with E-state index in [1.807, 2.05) is 0 Å². The minimum absolute atomic E-state index is 0.711. The van der Waals surface area contributed by atoms with Crippen LogP contribution in [0.3, 0.4) is 0 Å². The number of aryl methyl sites for hydroxylation is 2. The first-order valence-electron chi connectivity index (χ1n) is 5.40. The van der Waals surface area contributed by atoms with Gasteiger partial charge in [0.15, 0.2) is 0 Å². The minimum atomic E-state index is 0.711. The van der Waals surface area contributed by atoms with Gasteiger partial charge in [-0.25, -0.2) is 4.98 Å². The van der Waals surface area contributed by atoms with Gasteiger partial charge in [-0.3, -0.25) is 0 Å². The fraction of sp³-hybridized carbons (Fsp3) is 0.727. The van der Waals surface area contributed by atoms with Crippen LogP contribution in [-0.4, -0.2) is 22.6 Å². The van der Waals surface area contributed by atoms with Gasteiger partial charge in [0.2, 0.25) is 0 Å². The molecule has 1 aliphatic heterocycles. The third kappa shape index (κ3) is 1.57. The van der Waals surface area contributed by atoms with E-state index in [9.17, 15) is 0 Å². The second kappa shape index (κ2) is 3.73. The molecule has 1 aliphatic rings. The summed E-state index contributed by atoms with van der Waals surface area (Å²) in [6, 6.07) is 0. The zero-order valence-electron chi connectivity index (χ0n) is 9.30. The van der Waals surface area contributed by atoms with Gasteiger partial charge in [0.05, 0.1) is 5.69 Å². The van der Waals surface area contributed by atoms with Crippen molar-refractivity contribution >= 4 is 0 Å². The molecule has 1 N–H and O–H groups in total. The van der Waals surface area contributed by atoms with Crippen molar-refractivity contribution in [3.05, 3.63) is 17.2 Å². The summed E-state index contributed by atoms with van der Waals surface area (Å²) < 4.78 is 2.26. The van der Waals surface area contributed by atoms with Gasteiger partial charge >= 0.3 is 0 Å². The molecule has 1 aromatic heterocycles. The Morgan fingerprint density at radius 1 is 1.29 bits per heavy atom. The van der Waals surface area contributed by atoms with E-state index in [-0.39, 0.29) is 0 Å². The van der Waals surface area contributed by atoms with Crippen LogP contribution in [0.2, 0.25) is 0 Å². The van der Waals surface area contributed by atoms with E-state index in [2.05, 4.69) is 35.8 Å². The van der Waals surface area contributed by atoms with E-state index >= 15 is 0 Å². The Hall–Kier alpha value is -0.830. The Morgan fingerprint density at radius 3 is 2.43 bits per heavy atom. The maximum absolute atomic E-state index is 4.53. The summed E-state index contributed by atoms with van der Waals surface area (Å²) >= 11 is 0. The van der Waals surface area contributed by atoms with Crippen molar-refractivity contribution in [2.75, 3.05) is 13.1 Å². The molecule has 2 heterocycles. The fourth-order valence-electron chi connectivity index (χ4n) is 2.46. The fourth-order valence-corrected chi connectivity index (χ4v) is 2.46. The third-order valence-corrected chi connectivity index (χ3v) is 3.27. The molecule has 1 saturated heterocycles. The zero-order chi connectivity index (χ0) is 10.1. The number of hydrogen-bond donors (Lipinski definition) is 1. The number of piperidine rings is 1. The molecule has 14 heavy (non-hydrogen) atoms. The minimum Gasteiger partial charge on any atom is -0.335 e. The first kappa shape index (κ1) is 9.71. The Balaban J connectivity index is 2.29. The van der Waals surface area contributed by atoms with Crippen molar-refractivity contribution in [1.29, 1.82) is 0 Å². The van der Waals surface area contributed by atoms with Gasteiger partial charge in [0.25, 0.3) is 0 Å². The van der Waals surface area contributed by atoms with Crippen LogP contribution >= 0.6 is 0 Å². The van der Waals surface area contributed by atoms with Gasteiger partial charge in [-0.1, -0.05) is 0 Å². The second-order valence-electron chi connectivity index (χ2n) is 4.21. The average molecular weight is 193 g/mol. The van der Waals surface area contributed by atoms with Crippen molar-refractivity contribution in [1.82, 2.24) is 14.9 Å². The van der Waals surface area contributed by atoms with Gasteiger partial charge in [-0.15, -0.1) is 0 Å². The maximum Gasteiger partial charge on any atom is 0.105 e. The summed E-state index contributed by atoms with van der Waals surface area (Å²) in [5, 5.41) is 3.40. The molecular weight excluding hydrogens is 174 g/mol. The summed E-state index contributed by atoms with van der Waals surface area (Å²) in [5.74, 6) is 1.85. The third-order valence-electron chi connectivity index (χ3n) is 3.27. The standard InChI is InChI=1S/C11H19N3/c1-8-11(14(3)9(2)13-8)10-4-6-12-7-5-10/h10,12H,4-7H2,1-3H3. The molecule has 0 unspecified atom stereocenters. The Morgan fingerprint density at radius 2 is 1.93 bits per heavy atom. The molecule has 1 fully saturated rings. The SMILES string of the molecule is Cc1nc(C)n(C)c1C1CCNCC1. The lowest BCUT2D eigenvalue weighted by Crippen LogP contribution is -2.27. The number of imidazole rings is 1. The molecule has 0 amide bonds. The number of rotatable bonds is 1. The molecule has 3 nitrogen and oxygen atoms in total. The summed E-state index contributed by atoms with van der Waals surface area (Å²) in [4.78, 5) is 4.53.